The van der Waals surface area contributed by atoms with E-state index in [1.54, 1.807) is 30.2 Å². The summed E-state index contributed by atoms with van der Waals surface area (Å²) in [4.78, 5) is 25.1. The van der Waals surface area contributed by atoms with Crippen LogP contribution in [0.4, 0.5) is 0 Å². The third-order valence-corrected chi connectivity index (χ3v) is 3.72. The number of piperidine rings is 1. The van der Waals surface area contributed by atoms with Crippen molar-refractivity contribution in [3.63, 3.8) is 0 Å². The van der Waals surface area contributed by atoms with Gasteiger partial charge >= 0.3 is 5.97 Å². The normalized spacial score (nSPS) is 16.1. The molecule has 1 aliphatic rings. The first-order valence-electron chi connectivity index (χ1n) is 6.73. The topological polar surface area (TPSA) is 66.8 Å². The summed E-state index contributed by atoms with van der Waals surface area (Å²) in [6.45, 7) is 1.35. The molecule has 0 radical (unpaired) electrons. The number of carbonyl (C=O) groups excluding carboxylic acids is 1. The van der Waals surface area contributed by atoms with Crippen LogP contribution in [-0.4, -0.2) is 48.2 Å². The van der Waals surface area contributed by atoms with Crippen molar-refractivity contribution in [3.05, 3.63) is 35.4 Å². The molecule has 0 aliphatic carbocycles. The number of likely N-dealkylation sites (tertiary alicyclic amines) is 1. The summed E-state index contributed by atoms with van der Waals surface area (Å²) >= 11 is 0. The summed E-state index contributed by atoms with van der Waals surface area (Å²) in [7, 11) is 1.69. The van der Waals surface area contributed by atoms with Crippen LogP contribution < -0.4 is 0 Å². The van der Waals surface area contributed by atoms with Gasteiger partial charge in [0.2, 0.25) is 5.91 Å². The molecule has 0 saturated carbocycles. The molecule has 1 aromatic rings. The van der Waals surface area contributed by atoms with Crippen molar-refractivity contribution < 1.29 is 19.4 Å². The Balaban J connectivity index is 2.00. The molecule has 5 nitrogen and oxygen atoms in total. The summed E-state index contributed by atoms with van der Waals surface area (Å²) in [5.41, 5.74) is 0.770. The van der Waals surface area contributed by atoms with E-state index in [0.717, 1.165) is 12.8 Å². The number of carboxylic acid groups (broad SMARTS) is 1. The van der Waals surface area contributed by atoms with Crippen molar-refractivity contribution in [1.29, 1.82) is 0 Å². The average molecular weight is 277 g/mol. The molecule has 2 rings (SSSR count). The molecule has 1 aromatic carbocycles. The number of benzene rings is 1. The number of hydrogen-bond donors (Lipinski definition) is 1. The van der Waals surface area contributed by atoms with Gasteiger partial charge in [-0.3, -0.25) is 4.79 Å². The van der Waals surface area contributed by atoms with E-state index >= 15 is 0 Å². The molecule has 1 N–H and O–H groups in total. The molecule has 1 heterocycles. The number of rotatable bonds is 4. The highest BCUT2D eigenvalue weighted by Crippen LogP contribution is 2.16. The summed E-state index contributed by atoms with van der Waals surface area (Å²) in [6, 6.07) is 6.65. The summed E-state index contributed by atoms with van der Waals surface area (Å²) < 4.78 is 5.27. The average Bonchev–Trinajstić information content (AvgIpc) is 2.47. The Hall–Kier alpha value is -1.88. The summed E-state index contributed by atoms with van der Waals surface area (Å²) in [5.74, 6) is -1.01. The number of amides is 1. The van der Waals surface area contributed by atoms with Crippen LogP contribution in [0.15, 0.2) is 24.3 Å². The van der Waals surface area contributed by atoms with Crippen molar-refractivity contribution in [2.45, 2.75) is 25.4 Å². The SMILES string of the molecule is COC1CCN(C(=O)Cc2ccccc2C(=O)O)CC1. The minimum absolute atomic E-state index is 0.0201. The molecule has 0 aromatic heterocycles. The Morgan fingerprint density at radius 2 is 1.95 bits per heavy atom. The second-order valence-electron chi connectivity index (χ2n) is 4.95. The lowest BCUT2D eigenvalue weighted by Gasteiger charge is -2.31. The molecule has 0 bridgehead atoms. The van der Waals surface area contributed by atoms with Gasteiger partial charge in [-0.25, -0.2) is 4.79 Å². The zero-order valence-electron chi connectivity index (χ0n) is 11.5. The van der Waals surface area contributed by atoms with E-state index in [-0.39, 0.29) is 24.0 Å². The number of carboxylic acids is 1. The predicted molar refractivity (Wildman–Crippen MR) is 73.7 cm³/mol. The van der Waals surface area contributed by atoms with Crippen LogP contribution in [0.1, 0.15) is 28.8 Å². The Labute approximate surface area is 118 Å². The maximum atomic E-state index is 12.2. The van der Waals surface area contributed by atoms with E-state index in [9.17, 15) is 9.59 Å². The third kappa shape index (κ3) is 3.36. The van der Waals surface area contributed by atoms with Gasteiger partial charge in [0.1, 0.15) is 0 Å². The van der Waals surface area contributed by atoms with Gasteiger partial charge in [-0.1, -0.05) is 18.2 Å². The Bertz CT molecular complexity index is 492. The number of carbonyl (C=O) groups is 2. The molecule has 1 saturated heterocycles. The molecular formula is C15H19NO4. The zero-order valence-corrected chi connectivity index (χ0v) is 11.5. The highest BCUT2D eigenvalue weighted by Gasteiger charge is 2.23. The fourth-order valence-corrected chi connectivity index (χ4v) is 2.50. The van der Waals surface area contributed by atoms with E-state index in [4.69, 9.17) is 9.84 Å². The quantitative estimate of drug-likeness (QED) is 0.907. The first kappa shape index (κ1) is 14.5. The van der Waals surface area contributed by atoms with E-state index < -0.39 is 5.97 Å². The first-order valence-corrected chi connectivity index (χ1v) is 6.73. The Kier molecular flexibility index (Phi) is 4.74. The molecule has 1 amide bonds. The van der Waals surface area contributed by atoms with E-state index in [0.29, 0.717) is 18.7 Å². The fourth-order valence-electron chi connectivity index (χ4n) is 2.50. The molecule has 0 atom stereocenters. The second-order valence-corrected chi connectivity index (χ2v) is 4.95. The van der Waals surface area contributed by atoms with E-state index in [1.165, 1.54) is 6.07 Å². The van der Waals surface area contributed by atoms with Gasteiger partial charge in [0.25, 0.3) is 0 Å². The molecule has 1 aliphatic heterocycles. The zero-order chi connectivity index (χ0) is 14.5. The number of hydrogen-bond acceptors (Lipinski definition) is 3. The van der Waals surface area contributed by atoms with Crippen LogP contribution in [-0.2, 0) is 16.0 Å². The Morgan fingerprint density at radius 3 is 2.55 bits per heavy atom. The molecule has 0 unspecified atom stereocenters. The van der Waals surface area contributed by atoms with Crippen LogP contribution >= 0.6 is 0 Å². The van der Waals surface area contributed by atoms with Crippen molar-refractivity contribution in [1.82, 2.24) is 4.90 Å². The summed E-state index contributed by atoms with van der Waals surface area (Å²) in [6.07, 6.45) is 2.04. The van der Waals surface area contributed by atoms with Gasteiger partial charge in [-0.05, 0) is 24.5 Å². The van der Waals surface area contributed by atoms with Crippen LogP contribution in [0.5, 0.6) is 0 Å². The van der Waals surface area contributed by atoms with Gasteiger partial charge < -0.3 is 14.7 Å². The Morgan fingerprint density at radius 1 is 1.30 bits per heavy atom. The van der Waals surface area contributed by atoms with Gasteiger partial charge in [0.05, 0.1) is 18.1 Å². The van der Waals surface area contributed by atoms with Gasteiger partial charge in [0.15, 0.2) is 0 Å². The summed E-state index contributed by atoms with van der Waals surface area (Å²) in [5, 5.41) is 9.11. The van der Waals surface area contributed by atoms with Crippen LogP contribution in [0, 0.1) is 0 Å². The van der Waals surface area contributed by atoms with Crippen molar-refractivity contribution >= 4 is 11.9 Å². The molecule has 20 heavy (non-hydrogen) atoms. The van der Waals surface area contributed by atoms with Crippen LogP contribution in [0.25, 0.3) is 0 Å². The van der Waals surface area contributed by atoms with Crippen molar-refractivity contribution in [3.8, 4) is 0 Å². The third-order valence-electron chi connectivity index (χ3n) is 3.72. The fraction of sp³-hybridized carbons (Fsp3) is 0.467. The second kappa shape index (κ2) is 6.52. The smallest absolute Gasteiger partial charge is 0.335 e. The molecule has 0 spiro atoms. The standard InChI is InChI=1S/C15H19NO4/c1-20-12-6-8-16(9-7-12)14(17)10-11-4-2-3-5-13(11)15(18)19/h2-5,12H,6-10H2,1H3,(H,18,19). The highest BCUT2D eigenvalue weighted by molar-refractivity contribution is 5.91. The number of nitrogens with zero attached hydrogens (tertiary/aromatic N) is 1. The van der Waals surface area contributed by atoms with Crippen LogP contribution in [0.2, 0.25) is 0 Å². The highest BCUT2D eigenvalue weighted by atomic mass is 16.5. The predicted octanol–water partition coefficient (Wildman–Crippen LogP) is 1.56. The van der Waals surface area contributed by atoms with Crippen molar-refractivity contribution in [2.24, 2.45) is 0 Å². The number of ether oxygens (including phenoxy) is 1. The lowest BCUT2D eigenvalue weighted by molar-refractivity contribution is -0.132. The number of methoxy groups -OCH3 is 1. The lowest BCUT2D eigenvalue weighted by Crippen LogP contribution is -2.41. The minimum Gasteiger partial charge on any atom is -0.478 e. The minimum atomic E-state index is -0.994. The van der Waals surface area contributed by atoms with Gasteiger partial charge in [-0.2, -0.15) is 0 Å². The monoisotopic (exact) mass is 277 g/mol. The molecule has 108 valence electrons. The van der Waals surface area contributed by atoms with Crippen molar-refractivity contribution in [2.75, 3.05) is 20.2 Å². The lowest BCUT2D eigenvalue weighted by atomic mass is 10.0. The maximum Gasteiger partial charge on any atom is 0.335 e. The first-order chi connectivity index (χ1) is 9.61. The molecule has 5 heteroatoms. The number of aromatic carboxylic acids is 1. The largest absolute Gasteiger partial charge is 0.478 e. The van der Waals surface area contributed by atoms with Gasteiger partial charge in [0, 0.05) is 20.2 Å². The van der Waals surface area contributed by atoms with Crippen LogP contribution in [0.3, 0.4) is 0 Å². The van der Waals surface area contributed by atoms with E-state index in [2.05, 4.69) is 0 Å². The van der Waals surface area contributed by atoms with E-state index in [1.807, 2.05) is 0 Å². The van der Waals surface area contributed by atoms with Gasteiger partial charge in [-0.15, -0.1) is 0 Å². The molecule has 1 fully saturated rings. The maximum absolute atomic E-state index is 12.2. The molecular weight excluding hydrogens is 258 g/mol.